The highest BCUT2D eigenvalue weighted by Gasteiger charge is 2.28. The summed E-state index contributed by atoms with van der Waals surface area (Å²) in [6.45, 7) is 4.51. The lowest BCUT2D eigenvalue weighted by molar-refractivity contribution is -0.0244. The van der Waals surface area contributed by atoms with Gasteiger partial charge in [0.05, 0.1) is 24.1 Å². The van der Waals surface area contributed by atoms with Crippen molar-refractivity contribution in [2.24, 2.45) is 0 Å². The second kappa shape index (κ2) is 9.68. The lowest BCUT2D eigenvalue weighted by Crippen LogP contribution is -2.52. The van der Waals surface area contributed by atoms with Gasteiger partial charge in [-0.15, -0.1) is 0 Å². The number of benzene rings is 1. The molecule has 3 aromatic rings. The molecule has 3 unspecified atom stereocenters. The lowest BCUT2D eigenvalue weighted by Gasteiger charge is -2.37. The van der Waals surface area contributed by atoms with Crippen LogP contribution in [0.25, 0.3) is 16.7 Å². The molecule has 5 rings (SSSR count). The zero-order valence-corrected chi connectivity index (χ0v) is 20.1. The molecule has 4 heterocycles. The summed E-state index contributed by atoms with van der Waals surface area (Å²) in [5.41, 5.74) is 4.39. The summed E-state index contributed by atoms with van der Waals surface area (Å²) >= 11 is 12.5. The molecule has 33 heavy (non-hydrogen) atoms. The Morgan fingerprint density at radius 2 is 2.09 bits per heavy atom. The van der Waals surface area contributed by atoms with Crippen LogP contribution in [0.15, 0.2) is 36.7 Å². The fourth-order valence-electron chi connectivity index (χ4n) is 4.78. The first-order valence-electron chi connectivity index (χ1n) is 11.5. The molecule has 1 saturated heterocycles. The first-order valence-corrected chi connectivity index (χ1v) is 12.3. The van der Waals surface area contributed by atoms with Crippen molar-refractivity contribution in [3.63, 3.8) is 0 Å². The van der Waals surface area contributed by atoms with E-state index < -0.39 is 6.23 Å². The average Bonchev–Trinajstić information content (AvgIpc) is 3.27. The van der Waals surface area contributed by atoms with Crippen LogP contribution < -0.4 is 5.32 Å². The number of piperidine rings is 1. The molecule has 1 aromatic carbocycles. The summed E-state index contributed by atoms with van der Waals surface area (Å²) in [7, 11) is 0. The molecule has 2 aromatic heterocycles. The summed E-state index contributed by atoms with van der Waals surface area (Å²) in [5.74, 6) is 0. The highest BCUT2D eigenvalue weighted by Crippen LogP contribution is 2.30. The molecule has 0 bridgehead atoms. The lowest BCUT2D eigenvalue weighted by atomic mass is 10.00. The normalized spacial score (nSPS) is 21.7. The Labute approximate surface area is 203 Å². The van der Waals surface area contributed by atoms with Crippen molar-refractivity contribution in [3.05, 3.63) is 58.0 Å². The van der Waals surface area contributed by atoms with Crippen molar-refractivity contribution in [2.45, 2.75) is 50.9 Å². The SMILES string of the molecule is CC(c1ccc(Cl)cc1Cl)n1ncc2ncc(C3=CCN(C(O)C4CCCCN4)CC3)nc21. The number of fused-ring (bicyclic) bond motifs is 1. The van der Waals surface area contributed by atoms with Crippen LogP contribution in [0.1, 0.15) is 49.9 Å². The molecule has 9 heteroatoms. The second-order valence-electron chi connectivity index (χ2n) is 8.84. The Balaban J connectivity index is 1.37. The fraction of sp³-hybridized carbons (Fsp3) is 0.458. The van der Waals surface area contributed by atoms with Gasteiger partial charge in [-0.3, -0.25) is 4.90 Å². The van der Waals surface area contributed by atoms with Crippen LogP contribution in [0.5, 0.6) is 0 Å². The van der Waals surface area contributed by atoms with E-state index in [0.717, 1.165) is 53.9 Å². The molecule has 2 aliphatic heterocycles. The summed E-state index contributed by atoms with van der Waals surface area (Å²) in [4.78, 5) is 11.7. The van der Waals surface area contributed by atoms with Gasteiger partial charge in [-0.2, -0.15) is 5.10 Å². The van der Waals surface area contributed by atoms with E-state index in [0.29, 0.717) is 16.6 Å². The summed E-state index contributed by atoms with van der Waals surface area (Å²) in [6, 6.07) is 5.53. The van der Waals surface area contributed by atoms with Gasteiger partial charge < -0.3 is 10.4 Å². The van der Waals surface area contributed by atoms with E-state index in [1.54, 1.807) is 12.3 Å². The predicted molar refractivity (Wildman–Crippen MR) is 131 cm³/mol. The molecular weight excluding hydrogens is 459 g/mol. The van der Waals surface area contributed by atoms with E-state index in [9.17, 15) is 5.11 Å². The third-order valence-electron chi connectivity index (χ3n) is 6.73. The maximum absolute atomic E-state index is 10.8. The third-order valence-corrected chi connectivity index (χ3v) is 7.30. The first kappa shape index (κ1) is 22.7. The van der Waals surface area contributed by atoms with Crippen LogP contribution in [0.2, 0.25) is 10.0 Å². The smallest absolute Gasteiger partial charge is 0.177 e. The molecule has 2 aliphatic rings. The number of hydrogen-bond acceptors (Lipinski definition) is 6. The summed E-state index contributed by atoms with van der Waals surface area (Å²) < 4.78 is 1.86. The van der Waals surface area contributed by atoms with E-state index in [2.05, 4.69) is 26.4 Å². The molecule has 1 fully saturated rings. The second-order valence-corrected chi connectivity index (χ2v) is 9.68. The highest BCUT2D eigenvalue weighted by molar-refractivity contribution is 6.35. The number of halogens is 2. The molecule has 0 aliphatic carbocycles. The maximum Gasteiger partial charge on any atom is 0.177 e. The highest BCUT2D eigenvalue weighted by atomic mass is 35.5. The Bertz CT molecular complexity index is 1170. The van der Waals surface area contributed by atoms with Gasteiger partial charge in [0.1, 0.15) is 11.7 Å². The molecule has 0 radical (unpaired) electrons. The Kier molecular flexibility index (Phi) is 6.67. The van der Waals surface area contributed by atoms with E-state index in [-0.39, 0.29) is 12.1 Å². The quantitative estimate of drug-likeness (QED) is 0.559. The van der Waals surface area contributed by atoms with Gasteiger partial charge in [0, 0.05) is 29.2 Å². The number of rotatable bonds is 5. The number of aliphatic hydroxyl groups is 1. The monoisotopic (exact) mass is 486 g/mol. The number of aliphatic hydroxyl groups excluding tert-OH is 1. The van der Waals surface area contributed by atoms with Crippen LogP contribution in [-0.4, -0.2) is 61.7 Å². The van der Waals surface area contributed by atoms with Crippen molar-refractivity contribution in [1.82, 2.24) is 30.0 Å². The van der Waals surface area contributed by atoms with Gasteiger partial charge in [0.15, 0.2) is 5.65 Å². The van der Waals surface area contributed by atoms with Gasteiger partial charge in [-0.05, 0) is 56.0 Å². The number of nitrogens with zero attached hydrogens (tertiary/aromatic N) is 5. The van der Waals surface area contributed by atoms with Crippen molar-refractivity contribution in [3.8, 4) is 0 Å². The van der Waals surface area contributed by atoms with Gasteiger partial charge in [-0.1, -0.05) is 41.8 Å². The minimum Gasteiger partial charge on any atom is -0.377 e. The van der Waals surface area contributed by atoms with Crippen molar-refractivity contribution in [2.75, 3.05) is 19.6 Å². The molecule has 7 nitrogen and oxygen atoms in total. The summed E-state index contributed by atoms with van der Waals surface area (Å²) in [6.07, 6.45) is 9.45. The van der Waals surface area contributed by atoms with Crippen LogP contribution in [0, 0.1) is 0 Å². The molecule has 174 valence electrons. The maximum atomic E-state index is 10.8. The standard InChI is InChI=1S/C24H28Cl2N6O/c1-15(18-6-5-17(25)12-19(18)26)32-23-22(14-29-32)28-13-21(30-23)16-7-10-31(11-8-16)24(33)20-4-2-3-9-27-20/h5-7,12-15,20,24,27,33H,2-4,8-11H2,1H3. The molecule has 0 spiro atoms. The number of hydrogen-bond donors (Lipinski definition) is 2. The van der Waals surface area contributed by atoms with E-state index in [1.807, 2.05) is 29.9 Å². The fourth-order valence-corrected chi connectivity index (χ4v) is 5.34. The van der Waals surface area contributed by atoms with Crippen LogP contribution >= 0.6 is 23.2 Å². The van der Waals surface area contributed by atoms with Crippen molar-refractivity contribution < 1.29 is 5.11 Å². The van der Waals surface area contributed by atoms with Gasteiger partial charge in [-0.25, -0.2) is 14.6 Å². The molecular formula is C24H28Cl2N6O. The zero-order valence-electron chi connectivity index (χ0n) is 18.6. The molecule has 0 saturated carbocycles. The van der Waals surface area contributed by atoms with Crippen molar-refractivity contribution >= 4 is 39.9 Å². The van der Waals surface area contributed by atoms with Gasteiger partial charge >= 0.3 is 0 Å². The van der Waals surface area contributed by atoms with Crippen LogP contribution in [0.3, 0.4) is 0 Å². The molecule has 0 amide bonds. The molecule has 2 N–H and O–H groups in total. The number of nitrogens with one attached hydrogen (secondary N) is 1. The van der Waals surface area contributed by atoms with Gasteiger partial charge in [0.2, 0.25) is 0 Å². The minimum atomic E-state index is -0.455. The topological polar surface area (TPSA) is 79.1 Å². The van der Waals surface area contributed by atoms with E-state index in [4.69, 9.17) is 28.2 Å². The zero-order chi connectivity index (χ0) is 22.9. The van der Waals surface area contributed by atoms with E-state index in [1.165, 1.54) is 12.8 Å². The largest absolute Gasteiger partial charge is 0.377 e. The minimum absolute atomic E-state index is 0.120. The first-order chi connectivity index (χ1) is 16.0. The average molecular weight is 487 g/mol. The van der Waals surface area contributed by atoms with Gasteiger partial charge in [0.25, 0.3) is 0 Å². The summed E-state index contributed by atoms with van der Waals surface area (Å²) in [5, 5.41) is 20.0. The van der Waals surface area contributed by atoms with Crippen LogP contribution in [0.4, 0.5) is 0 Å². The Hall–Kier alpha value is -2.03. The molecule has 3 atom stereocenters. The van der Waals surface area contributed by atoms with E-state index >= 15 is 0 Å². The number of aromatic nitrogens is 4. The van der Waals surface area contributed by atoms with Crippen molar-refractivity contribution in [1.29, 1.82) is 0 Å². The Morgan fingerprint density at radius 1 is 1.21 bits per heavy atom. The Morgan fingerprint density at radius 3 is 2.82 bits per heavy atom. The van der Waals surface area contributed by atoms with Crippen LogP contribution in [-0.2, 0) is 0 Å². The predicted octanol–water partition coefficient (Wildman–Crippen LogP) is 4.29. The third kappa shape index (κ3) is 4.66.